The first-order valence-electron chi connectivity index (χ1n) is 6.79. The fourth-order valence-corrected chi connectivity index (χ4v) is 2.05. The van der Waals surface area contributed by atoms with Gasteiger partial charge >= 0.3 is 11.9 Å². The van der Waals surface area contributed by atoms with Gasteiger partial charge in [0.25, 0.3) is 5.91 Å². The van der Waals surface area contributed by atoms with Crippen LogP contribution in [-0.4, -0.2) is 48.6 Å². The van der Waals surface area contributed by atoms with E-state index in [1.165, 1.54) is 14.0 Å². The largest absolute Gasteiger partial charge is 0.481 e. The van der Waals surface area contributed by atoms with E-state index < -0.39 is 36.4 Å². The highest BCUT2D eigenvalue weighted by Crippen LogP contribution is 2.19. The van der Waals surface area contributed by atoms with Gasteiger partial charge in [0, 0.05) is 5.69 Å². The van der Waals surface area contributed by atoms with E-state index in [9.17, 15) is 19.2 Å². The Bertz CT molecular complexity index is 575. The maximum Gasteiger partial charge on any atom is 0.328 e. The van der Waals surface area contributed by atoms with Gasteiger partial charge in [-0.1, -0.05) is 18.2 Å². The maximum absolute atomic E-state index is 12.7. The summed E-state index contributed by atoms with van der Waals surface area (Å²) in [6, 6.07) is 5.97. The van der Waals surface area contributed by atoms with Gasteiger partial charge in [0.05, 0.1) is 13.5 Å². The van der Waals surface area contributed by atoms with Gasteiger partial charge < -0.3 is 15.2 Å². The molecule has 0 saturated heterocycles. The Hall–Kier alpha value is -2.90. The smallest absolute Gasteiger partial charge is 0.328 e. The van der Waals surface area contributed by atoms with Crippen LogP contribution in [0.4, 0.5) is 5.69 Å². The third-order valence-electron chi connectivity index (χ3n) is 3.15. The van der Waals surface area contributed by atoms with E-state index in [4.69, 9.17) is 5.11 Å². The fourth-order valence-electron chi connectivity index (χ4n) is 2.05. The molecule has 0 aliphatic heterocycles. The number of benzene rings is 1. The molecule has 0 fully saturated rings. The molecule has 8 nitrogen and oxygen atoms in total. The van der Waals surface area contributed by atoms with E-state index in [2.05, 4.69) is 10.1 Å². The van der Waals surface area contributed by atoms with Crippen LogP contribution in [0.15, 0.2) is 30.3 Å². The van der Waals surface area contributed by atoms with Gasteiger partial charge in [0.2, 0.25) is 6.41 Å². The quantitative estimate of drug-likeness (QED) is 0.521. The van der Waals surface area contributed by atoms with Crippen LogP contribution in [0, 0.1) is 0 Å². The summed E-state index contributed by atoms with van der Waals surface area (Å²) in [4.78, 5) is 47.1. The van der Waals surface area contributed by atoms with Crippen molar-refractivity contribution in [3.63, 3.8) is 0 Å². The van der Waals surface area contributed by atoms with Crippen LogP contribution in [0.3, 0.4) is 0 Å². The highest BCUT2D eigenvalue weighted by molar-refractivity contribution is 6.03. The number of methoxy groups -OCH3 is 1. The lowest BCUT2D eigenvalue weighted by atomic mass is 10.1. The molecule has 0 aliphatic carbocycles. The molecule has 0 saturated carbocycles. The number of nitrogens with one attached hydrogen (secondary N) is 1. The second kappa shape index (κ2) is 8.52. The number of carboxylic acid groups (broad SMARTS) is 1. The van der Waals surface area contributed by atoms with Crippen molar-refractivity contribution < 1.29 is 29.0 Å². The van der Waals surface area contributed by atoms with Crippen molar-refractivity contribution in [2.45, 2.75) is 25.4 Å². The lowest BCUT2D eigenvalue weighted by Crippen LogP contribution is -2.53. The molecule has 0 spiro atoms. The minimum atomic E-state index is -1.29. The van der Waals surface area contributed by atoms with Gasteiger partial charge in [-0.15, -0.1) is 0 Å². The number of nitrogens with zero attached hydrogens (tertiary/aromatic N) is 1. The molecule has 1 rings (SSSR count). The Balaban J connectivity index is 3.21. The van der Waals surface area contributed by atoms with Crippen molar-refractivity contribution in [2.24, 2.45) is 0 Å². The van der Waals surface area contributed by atoms with Crippen molar-refractivity contribution in [1.29, 1.82) is 0 Å². The topological polar surface area (TPSA) is 113 Å². The van der Waals surface area contributed by atoms with E-state index in [0.29, 0.717) is 5.69 Å². The summed E-state index contributed by atoms with van der Waals surface area (Å²) in [6.07, 6.45) is -0.355. The summed E-state index contributed by atoms with van der Waals surface area (Å²) in [5.41, 5.74) is 0.387. The van der Waals surface area contributed by atoms with Gasteiger partial charge in [-0.2, -0.15) is 0 Å². The summed E-state index contributed by atoms with van der Waals surface area (Å²) in [5, 5.41) is 11.1. The van der Waals surface area contributed by atoms with E-state index in [0.717, 1.165) is 4.90 Å². The van der Waals surface area contributed by atoms with Crippen molar-refractivity contribution in [1.82, 2.24) is 5.32 Å². The van der Waals surface area contributed by atoms with Crippen molar-refractivity contribution >= 4 is 29.9 Å². The maximum atomic E-state index is 12.7. The Kier molecular flexibility index (Phi) is 6.72. The average molecular weight is 322 g/mol. The third kappa shape index (κ3) is 4.80. The van der Waals surface area contributed by atoms with Crippen molar-refractivity contribution in [3.05, 3.63) is 30.3 Å². The first-order chi connectivity index (χ1) is 10.9. The standard InChI is InChI=1S/C15H18N2O6/c1-10(15(22)23-2)17(11-6-4-3-5-7-11)14(21)12(16-9-18)8-13(19)20/h3-7,9-10,12H,8H2,1-2H3,(H,16,18)(H,19,20)/t10-,12-/m0/s1. The third-order valence-corrected chi connectivity index (χ3v) is 3.15. The molecule has 0 aromatic heterocycles. The van der Waals surface area contributed by atoms with E-state index in [-0.39, 0.29) is 6.41 Å². The Labute approximate surface area is 133 Å². The van der Waals surface area contributed by atoms with Crippen LogP contribution in [0.5, 0.6) is 0 Å². The summed E-state index contributed by atoms with van der Waals surface area (Å²) >= 11 is 0. The fraction of sp³-hybridized carbons (Fsp3) is 0.333. The molecule has 124 valence electrons. The molecule has 2 atom stereocenters. The SMILES string of the molecule is COC(=O)[C@H](C)N(C(=O)[C@H](CC(=O)O)NC=O)c1ccccc1. The summed E-state index contributed by atoms with van der Waals surface area (Å²) < 4.78 is 4.65. The highest BCUT2D eigenvalue weighted by Gasteiger charge is 2.33. The van der Waals surface area contributed by atoms with E-state index in [1.807, 2.05) is 0 Å². The molecule has 0 aliphatic rings. The van der Waals surface area contributed by atoms with Crippen LogP contribution in [0.1, 0.15) is 13.3 Å². The Morgan fingerprint density at radius 3 is 2.39 bits per heavy atom. The molecule has 0 radical (unpaired) electrons. The number of ether oxygens (including phenoxy) is 1. The number of carboxylic acids is 1. The summed E-state index contributed by atoms with van der Waals surface area (Å²) in [6.45, 7) is 1.45. The van der Waals surface area contributed by atoms with Crippen molar-refractivity contribution in [3.8, 4) is 0 Å². The number of rotatable bonds is 8. The predicted molar refractivity (Wildman–Crippen MR) is 80.6 cm³/mol. The molecule has 0 heterocycles. The van der Waals surface area contributed by atoms with Gasteiger partial charge in [0.1, 0.15) is 12.1 Å². The number of carbonyl (C=O) groups excluding carboxylic acids is 3. The zero-order valence-electron chi connectivity index (χ0n) is 12.8. The molecule has 0 unspecified atom stereocenters. The molecule has 1 aromatic rings. The Morgan fingerprint density at radius 2 is 1.91 bits per heavy atom. The monoisotopic (exact) mass is 322 g/mol. The van der Waals surface area contributed by atoms with Crippen LogP contribution >= 0.6 is 0 Å². The minimum absolute atomic E-state index is 0.248. The second-order valence-electron chi connectivity index (χ2n) is 4.68. The minimum Gasteiger partial charge on any atom is -0.481 e. The zero-order valence-corrected chi connectivity index (χ0v) is 12.8. The average Bonchev–Trinajstić information content (AvgIpc) is 2.54. The highest BCUT2D eigenvalue weighted by atomic mass is 16.5. The van der Waals surface area contributed by atoms with E-state index >= 15 is 0 Å². The molecule has 2 N–H and O–H groups in total. The number of hydrogen-bond acceptors (Lipinski definition) is 5. The summed E-state index contributed by atoms with van der Waals surface area (Å²) in [5.74, 6) is -2.64. The zero-order chi connectivity index (χ0) is 17.4. The molecule has 23 heavy (non-hydrogen) atoms. The lowest BCUT2D eigenvalue weighted by Gasteiger charge is -2.30. The number of para-hydroxylation sites is 1. The number of anilines is 1. The first-order valence-corrected chi connectivity index (χ1v) is 6.79. The predicted octanol–water partition coefficient (Wildman–Crippen LogP) is 0.170. The van der Waals surface area contributed by atoms with Crippen molar-refractivity contribution in [2.75, 3.05) is 12.0 Å². The first kappa shape index (κ1) is 18.1. The normalized spacial score (nSPS) is 12.6. The van der Waals surface area contributed by atoms with E-state index in [1.54, 1.807) is 30.3 Å². The molecular formula is C15H18N2O6. The molecule has 0 bridgehead atoms. The van der Waals surface area contributed by atoms with Crippen LogP contribution in [-0.2, 0) is 23.9 Å². The number of carbonyl (C=O) groups is 4. The molecular weight excluding hydrogens is 304 g/mol. The number of aliphatic carboxylic acids is 1. The number of esters is 1. The van der Waals surface area contributed by atoms with Crippen LogP contribution in [0.25, 0.3) is 0 Å². The number of hydrogen-bond donors (Lipinski definition) is 2. The van der Waals surface area contributed by atoms with Gasteiger partial charge in [-0.3, -0.25) is 19.3 Å². The Morgan fingerprint density at radius 1 is 1.30 bits per heavy atom. The molecule has 8 heteroatoms. The molecule has 2 amide bonds. The number of amides is 2. The van der Waals surface area contributed by atoms with Crippen LogP contribution in [0.2, 0.25) is 0 Å². The van der Waals surface area contributed by atoms with Gasteiger partial charge in [-0.05, 0) is 19.1 Å². The van der Waals surface area contributed by atoms with Gasteiger partial charge in [-0.25, -0.2) is 4.79 Å². The summed E-state index contributed by atoms with van der Waals surface area (Å²) in [7, 11) is 1.19. The van der Waals surface area contributed by atoms with Crippen LogP contribution < -0.4 is 10.2 Å². The lowest BCUT2D eigenvalue weighted by molar-refractivity contribution is -0.143. The second-order valence-corrected chi connectivity index (χ2v) is 4.68. The molecule has 1 aromatic carbocycles. The van der Waals surface area contributed by atoms with Gasteiger partial charge in [0.15, 0.2) is 0 Å².